The number of rotatable bonds is 7. The molecule has 2 amide bonds. The van der Waals surface area contributed by atoms with Crippen LogP contribution in [-0.4, -0.2) is 29.4 Å². The van der Waals surface area contributed by atoms with Crippen LogP contribution in [0.15, 0.2) is 42.6 Å². The van der Waals surface area contributed by atoms with Crippen molar-refractivity contribution >= 4 is 34.4 Å². The average Bonchev–Trinajstić information content (AvgIpc) is 3.19. The molecule has 0 spiro atoms. The van der Waals surface area contributed by atoms with Crippen LogP contribution < -0.4 is 15.4 Å². The van der Waals surface area contributed by atoms with Crippen molar-refractivity contribution in [3.05, 3.63) is 57.3 Å². The number of halogens is 1. The van der Waals surface area contributed by atoms with Gasteiger partial charge in [0.05, 0.1) is 12.1 Å². The molecule has 142 valence electrons. The number of hydrogen-bond acceptors (Lipinski definition) is 4. The van der Waals surface area contributed by atoms with Crippen molar-refractivity contribution in [2.75, 3.05) is 6.54 Å². The van der Waals surface area contributed by atoms with E-state index in [1.807, 2.05) is 24.3 Å². The van der Waals surface area contributed by atoms with E-state index in [0.717, 1.165) is 22.0 Å². The molecule has 0 aliphatic heterocycles. The summed E-state index contributed by atoms with van der Waals surface area (Å²) in [6.45, 7) is 0.286. The van der Waals surface area contributed by atoms with Crippen molar-refractivity contribution in [3.8, 4) is 5.88 Å². The smallest absolute Gasteiger partial charge is 0.252 e. The van der Waals surface area contributed by atoms with Crippen LogP contribution in [0.4, 0.5) is 0 Å². The van der Waals surface area contributed by atoms with Gasteiger partial charge in [0.25, 0.3) is 5.91 Å². The number of carbonyl (C=O) groups is 2. The highest BCUT2D eigenvalue weighted by Crippen LogP contribution is 2.22. The first-order chi connectivity index (χ1) is 13.1. The minimum Gasteiger partial charge on any atom is -0.474 e. The molecule has 1 aliphatic rings. The van der Waals surface area contributed by atoms with Gasteiger partial charge in [0.15, 0.2) is 0 Å². The molecule has 2 aromatic rings. The van der Waals surface area contributed by atoms with Crippen molar-refractivity contribution in [3.63, 3.8) is 0 Å². The fourth-order valence-electron chi connectivity index (χ4n) is 2.93. The Hall–Kier alpha value is -2.16. The van der Waals surface area contributed by atoms with E-state index in [2.05, 4.69) is 38.2 Å². The lowest BCUT2D eigenvalue weighted by molar-refractivity contribution is -0.120. The van der Waals surface area contributed by atoms with Gasteiger partial charge in [-0.1, -0.05) is 18.2 Å². The molecule has 0 radical (unpaired) electrons. The zero-order valence-corrected chi connectivity index (χ0v) is 17.1. The molecule has 1 aliphatic carbocycles. The molecule has 27 heavy (non-hydrogen) atoms. The van der Waals surface area contributed by atoms with Crippen molar-refractivity contribution in [1.29, 1.82) is 0 Å². The maximum Gasteiger partial charge on any atom is 0.252 e. The van der Waals surface area contributed by atoms with Gasteiger partial charge in [-0.15, -0.1) is 0 Å². The Kier molecular flexibility index (Phi) is 7.03. The summed E-state index contributed by atoms with van der Waals surface area (Å²) >= 11 is 2.10. The Bertz CT molecular complexity index is 789. The lowest BCUT2D eigenvalue weighted by atomic mass is 10.2. The summed E-state index contributed by atoms with van der Waals surface area (Å²) in [6, 6.07) is 11.0. The van der Waals surface area contributed by atoms with E-state index in [9.17, 15) is 9.59 Å². The predicted octanol–water partition coefficient (Wildman–Crippen LogP) is 3.05. The Labute approximate surface area is 172 Å². The minimum atomic E-state index is -0.259. The van der Waals surface area contributed by atoms with E-state index < -0.39 is 0 Å². The van der Waals surface area contributed by atoms with Crippen LogP contribution in [-0.2, 0) is 11.3 Å². The van der Waals surface area contributed by atoms with Crippen LogP contribution in [0.3, 0.4) is 0 Å². The summed E-state index contributed by atoms with van der Waals surface area (Å²) in [5, 5.41) is 5.41. The molecule has 1 aromatic carbocycles. The molecule has 7 heteroatoms. The summed E-state index contributed by atoms with van der Waals surface area (Å²) in [5.74, 6) is 0.118. The number of ether oxygens (including phenoxy) is 1. The summed E-state index contributed by atoms with van der Waals surface area (Å²) < 4.78 is 6.67. The van der Waals surface area contributed by atoms with Gasteiger partial charge in [0.1, 0.15) is 6.10 Å². The lowest BCUT2D eigenvalue weighted by Crippen LogP contribution is -2.36. The number of hydrogen-bond donors (Lipinski definition) is 2. The van der Waals surface area contributed by atoms with E-state index in [4.69, 9.17) is 4.74 Å². The molecular formula is C20H22IN3O3. The highest BCUT2D eigenvalue weighted by molar-refractivity contribution is 14.1. The summed E-state index contributed by atoms with van der Waals surface area (Å²) in [4.78, 5) is 28.4. The molecule has 0 atom stereocenters. The van der Waals surface area contributed by atoms with Crippen LogP contribution in [0, 0.1) is 3.57 Å². The number of aromatic nitrogens is 1. The number of benzene rings is 1. The Morgan fingerprint density at radius 1 is 1.11 bits per heavy atom. The number of nitrogens with one attached hydrogen (secondary N) is 2. The summed E-state index contributed by atoms with van der Waals surface area (Å²) in [5.41, 5.74) is 1.44. The maximum absolute atomic E-state index is 12.1. The topological polar surface area (TPSA) is 80.3 Å². The molecular weight excluding hydrogens is 457 g/mol. The molecule has 0 bridgehead atoms. The number of carbonyl (C=O) groups excluding carboxylic acids is 2. The molecule has 3 rings (SSSR count). The van der Waals surface area contributed by atoms with Crippen LogP contribution in [0.2, 0.25) is 0 Å². The van der Waals surface area contributed by atoms with E-state index in [-0.39, 0.29) is 24.5 Å². The van der Waals surface area contributed by atoms with Crippen LogP contribution in [0.5, 0.6) is 5.88 Å². The van der Waals surface area contributed by atoms with Crippen LogP contribution in [0.25, 0.3) is 0 Å². The second-order valence-electron chi connectivity index (χ2n) is 6.47. The second-order valence-corrected chi connectivity index (χ2v) is 7.63. The van der Waals surface area contributed by atoms with Crippen LogP contribution >= 0.6 is 22.6 Å². The van der Waals surface area contributed by atoms with E-state index >= 15 is 0 Å². The van der Waals surface area contributed by atoms with E-state index in [1.54, 1.807) is 18.3 Å². The summed E-state index contributed by atoms with van der Waals surface area (Å²) in [7, 11) is 0. The Morgan fingerprint density at radius 2 is 1.89 bits per heavy atom. The zero-order valence-electron chi connectivity index (χ0n) is 14.9. The number of amides is 2. The predicted molar refractivity (Wildman–Crippen MR) is 110 cm³/mol. The van der Waals surface area contributed by atoms with Gasteiger partial charge in [0, 0.05) is 22.4 Å². The van der Waals surface area contributed by atoms with Crippen molar-refractivity contribution in [2.24, 2.45) is 0 Å². The molecule has 1 fully saturated rings. The molecule has 1 aromatic heterocycles. The van der Waals surface area contributed by atoms with Gasteiger partial charge in [-0.25, -0.2) is 4.98 Å². The standard InChI is InChI=1S/C20H22IN3O3/c21-17-8-4-3-7-16(17)20(26)24-13-18(25)22-11-14-9-10-19(23-12-14)27-15-5-1-2-6-15/h3-4,7-10,12,15H,1-2,5-6,11,13H2,(H,22,25)(H,24,26). The molecule has 6 nitrogen and oxygen atoms in total. The van der Waals surface area contributed by atoms with Crippen molar-refractivity contribution in [2.45, 2.75) is 38.3 Å². The number of nitrogens with zero attached hydrogens (tertiary/aromatic N) is 1. The van der Waals surface area contributed by atoms with Gasteiger partial charge < -0.3 is 15.4 Å². The van der Waals surface area contributed by atoms with E-state index in [0.29, 0.717) is 18.0 Å². The first-order valence-corrected chi connectivity index (χ1v) is 10.1. The van der Waals surface area contributed by atoms with Crippen molar-refractivity contribution in [1.82, 2.24) is 15.6 Å². The van der Waals surface area contributed by atoms with Crippen molar-refractivity contribution < 1.29 is 14.3 Å². The third-order valence-corrected chi connectivity index (χ3v) is 5.35. The second kappa shape index (κ2) is 9.68. The first-order valence-electron chi connectivity index (χ1n) is 9.03. The summed E-state index contributed by atoms with van der Waals surface area (Å²) in [6.07, 6.45) is 6.60. The highest BCUT2D eigenvalue weighted by atomic mass is 127. The van der Waals surface area contributed by atoms with Gasteiger partial charge in [-0.3, -0.25) is 9.59 Å². The fourth-order valence-corrected chi connectivity index (χ4v) is 3.56. The monoisotopic (exact) mass is 479 g/mol. The molecule has 2 N–H and O–H groups in total. The molecule has 1 saturated carbocycles. The number of pyridine rings is 1. The Morgan fingerprint density at radius 3 is 2.59 bits per heavy atom. The quantitative estimate of drug-likeness (QED) is 0.599. The minimum absolute atomic E-state index is 0.0693. The zero-order chi connectivity index (χ0) is 19.1. The SMILES string of the molecule is O=C(CNC(=O)c1ccccc1I)NCc1ccc(OC2CCCC2)nc1. The van der Waals surface area contributed by atoms with Gasteiger partial charge in [-0.05, 0) is 66.0 Å². The third-order valence-electron chi connectivity index (χ3n) is 4.40. The third kappa shape index (κ3) is 5.92. The normalized spacial score (nSPS) is 14.0. The van der Waals surface area contributed by atoms with Crippen LogP contribution in [0.1, 0.15) is 41.6 Å². The van der Waals surface area contributed by atoms with E-state index in [1.165, 1.54) is 12.8 Å². The van der Waals surface area contributed by atoms with Gasteiger partial charge >= 0.3 is 0 Å². The van der Waals surface area contributed by atoms with Gasteiger partial charge in [0.2, 0.25) is 11.8 Å². The van der Waals surface area contributed by atoms with Gasteiger partial charge in [-0.2, -0.15) is 0 Å². The maximum atomic E-state index is 12.1. The molecule has 1 heterocycles. The fraction of sp³-hybridized carbons (Fsp3) is 0.350. The average molecular weight is 479 g/mol. The molecule has 0 saturated heterocycles. The molecule has 0 unspecified atom stereocenters. The Balaban J connectivity index is 1.41. The largest absolute Gasteiger partial charge is 0.474 e. The highest BCUT2D eigenvalue weighted by Gasteiger charge is 2.16. The first kappa shape index (κ1) is 19.6. The lowest BCUT2D eigenvalue weighted by Gasteiger charge is -2.12.